The maximum atomic E-state index is 5.63. The highest BCUT2D eigenvalue weighted by atomic mass is 79.9. The predicted molar refractivity (Wildman–Crippen MR) is 67.2 cm³/mol. The van der Waals surface area contributed by atoms with Crippen molar-refractivity contribution >= 4 is 31.9 Å². The molecule has 1 fully saturated rings. The Morgan fingerprint density at radius 1 is 1.50 bits per heavy atom. The average molecular weight is 354 g/mol. The summed E-state index contributed by atoms with van der Waals surface area (Å²) in [6.07, 6.45) is 3.33. The topological polar surface area (TPSA) is 36.3 Å². The molecule has 2 rings (SSSR count). The molecule has 0 N–H and O–H groups in total. The van der Waals surface area contributed by atoms with E-state index in [0.717, 1.165) is 35.2 Å². The lowest BCUT2D eigenvalue weighted by molar-refractivity contribution is -0.163. The van der Waals surface area contributed by atoms with Gasteiger partial charge in [-0.15, -0.1) is 0 Å². The Bertz CT molecular complexity index is 338. The minimum atomic E-state index is -0.0217. The van der Waals surface area contributed by atoms with E-state index in [1.54, 1.807) is 0 Å². The van der Waals surface area contributed by atoms with Gasteiger partial charge in [-0.3, -0.25) is 4.68 Å². The first-order valence-electron chi connectivity index (χ1n) is 5.38. The first-order chi connectivity index (χ1) is 7.75. The summed E-state index contributed by atoms with van der Waals surface area (Å²) in [6, 6.07) is 1.91. The Morgan fingerprint density at radius 2 is 2.38 bits per heavy atom. The van der Waals surface area contributed by atoms with E-state index in [4.69, 9.17) is 9.47 Å². The van der Waals surface area contributed by atoms with Crippen LogP contribution >= 0.6 is 31.9 Å². The van der Waals surface area contributed by atoms with Gasteiger partial charge in [0.15, 0.2) is 6.29 Å². The second kappa shape index (κ2) is 6.14. The fourth-order valence-corrected chi connectivity index (χ4v) is 2.82. The van der Waals surface area contributed by atoms with Gasteiger partial charge in [-0.05, 0) is 51.1 Å². The van der Waals surface area contributed by atoms with Gasteiger partial charge < -0.3 is 9.47 Å². The zero-order valence-corrected chi connectivity index (χ0v) is 12.0. The van der Waals surface area contributed by atoms with Gasteiger partial charge in [-0.2, -0.15) is 5.10 Å². The lowest BCUT2D eigenvalue weighted by Gasteiger charge is -2.22. The molecular weight excluding hydrogens is 340 g/mol. The Balaban J connectivity index is 1.73. The summed E-state index contributed by atoms with van der Waals surface area (Å²) in [5.74, 6) is 0. The molecule has 1 aromatic rings. The van der Waals surface area contributed by atoms with Crippen LogP contribution in [0.15, 0.2) is 15.3 Å². The van der Waals surface area contributed by atoms with E-state index in [1.807, 2.05) is 10.7 Å². The molecule has 16 heavy (non-hydrogen) atoms. The van der Waals surface area contributed by atoms with E-state index >= 15 is 0 Å². The van der Waals surface area contributed by atoms with Crippen molar-refractivity contribution in [3.05, 3.63) is 15.3 Å². The van der Waals surface area contributed by atoms with Crippen LogP contribution in [0.3, 0.4) is 0 Å². The van der Waals surface area contributed by atoms with Crippen LogP contribution in [0.25, 0.3) is 0 Å². The van der Waals surface area contributed by atoms with Crippen molar-refractivity contribution in [3.63, 3.8) is 0 Å². The molecule has 0 amide bonds. The van der Waals surface area contributed by atoms with Crippen molar-refractivity contribution in [2.75, 3.05) is 13.2 Å². The van der Waals surface area contributed by atoms with E-state index in [2.05, 4.69) is 37.0 Å². The highest BCUT2D eigenvalue weighted by Gasteiger charge is 2.13. The predicted octanol–water partition coefficient (Wildman–Crippen LogP) is 2.95. The molecule has 1 aromatic heterocycles. The van der Waals surface area contributed by atoms with Crippen LogP contribution in [0.5, 0.6) is 0 Å². The molecule has 0 radical (unpaired) electrons. The number of aromatic nitrogens is 2. The smallest absolute Gasteiger partial charge is 0.157 e. The van der Waals surface area contributed by atoms with E-state index < -0.39 is 0 Å². The van der Waals surface area contributed by atoms with E-state index in [9.17, 15) is 0 Å². The highest BCUT2D eigenvalue weighted by Crippen LogP contribution is 2.17. The molecule has 1 saturated heterocycles. The number of hydrogen-bond donors (Lipinski definition) is 0. The summed E-state index contributed by atoms with van der Waals surface area (Å²) in [4.78, 5) is 0. The zero-order chi connectivity index (χ0) is 11.4. The van der Waals surface area contributed by atoms with E-state index in [1.165, 1.54) is 6.42 Å². The molecule has 1 atom stereocenters. The molecule has 0 aromatic carbocycles. The molecule has 6 heteroatoms. The lowest BCUT2D eigenvalue weighted by atomic mass is 10.2. The molecule has 0 saturated carbocycles. The maximum absolute atomic E-state index is 5.63. The minimum Gasteiger partial charge on any atom is -0.353 e. The second-order valence-corrected chi connectivity index (χ2v) is 5.30. The van der Waals surface area contributed by atoms with Crippen LogP contribution < -0.4 is 0 Å². The Morgan fingerprint density at radius 3 is 3.00 bits per heavy atom. The fourth-order valence-electron chi connectivity index (χ4n) is 1.63. The van der Waals surface area contributed by atoms with Crippen molar-refractivity contribution in [3.8, 4) is 0 Å². The van der Waals surface area contributed by atoms with Gasteiger partial charge >= 0.3 is 0 Å². The van der Waals surface area contributed by atoms with Gasteiger partial charge in [-0.1, -0.05) is 0 Å². The molecular formula is C10H14Br2N2O2. The number of rotatable bonds is 4. The summed E-state index contributed by atoms with van der Waals surface area (Å²) in [6.45, 7) is 2.17. The summed E-state index contributed by atoms with van der Waals surface area (Å²) < 4.78 is 14.7. The van der Waals surface area contributed by atoms with Gasteiger partial charge in [0, 0.05) is 12.7 Å². The number of hydrogen-bond acceptors (Lipinski definition) is 3. The normalized spacial score (nSPS) is 21.2. The largest absolute Gasteiger partial charge is 0.353 e. The standard InChI is InChI=1S/C10H14Br2N2O2/c11-8-7-9(12)14(13-8)4-6-16-10-3-1-2-5-15-10/h7,10H,1-6H2. The molecule has 1 aliphatic rings. The molecule has 0 aliphatic carbocycles. The quantitative estimate of drug-likeness (QED) is 0.834. The summed E-state index contributed by atoms with van der Waals surface area (Å²) in [7, 11) is 0. The van der Waals surface area contributed by atoms with Crippen LogP contribution in [0, 0.1) is 0 Å². The van der Waals surface area contributed by atoms with Crippen LogP contribution in [0.2, 0.25) is 0 Å². The van der Waals surface area contributed by atoms with E-state index in [0.29, 0.717) is 6.61 Å². The van der Waals surface area contributed by atoms with Crippen LogP contribution in [0.4, 0.5) is 0 Å². The van der Waals surface area contributed by atoms with Crippen molar-refractivity contribution in [2.45, 2.75) is 32.1 Å². The van der Waals surface area contributed by atoms with Crippen molar-refractivity contribution in [1.29, 1.82) is 0 Å². The van der Waals surface area contributed by atoms with Gasteiger partial charge in [-0.25, -0.2) is 0 Å². The third-order valence-electron chi connectivity index (χ3n) is 2.45. The molecule has 90 valence electrons. The Labute approximate surface area is 112 Å². The fraction of sp³-hybridized carbons (Fsp3) is 0.700. The number of halogens is 2. The lowest BCUT2D eigenvalue weighted by Crippen LogP contribution is -2.24. The van der Waals surface area contributed by atoms with Crippen LogP contribution in [0.1, 0.15) is 19.3 Å². The Hall–Kier alpha value is 0.0900. The van der Waals surface area contributed by atoms with Crippen LogP contribution in [-0.2, 0) is 16.0 Å². The van der Waals surface area contributed by atoms with E-state index in [-0.39, 0.29) is 6.29 Å². The summed E-state index contributed by atoms with van der Waals surface area (Å²) in [5, 5.41) is 4.26. The number of nitrogens with zero attached hydrogens (tertiary/aromatic N) is 2. The van der Waals surface area contributed by atoms with Crippen LogP contribution in [-0.4, -0.2) is 29.3 Å². The van der Waals surface area contributed by atoms with Gasteiger partial charge in [0.1, 0.15) is 9.21 Å². The van der Waals surface area contributed by atoms with Gasteiger partial charge in [0.05, 0.1) is 13.2 Å². The first kappa shape index (κ1) is 12.5. The third kappa shape index (κ3) is 3.55. The van der Waals surface area contributed by atoms with Gasteiger partial charge in [0.2, 0.25) is 0 Å². The average Bonchev–Trinajstić information content (AvgIpc) is 2.59. The molecule has 2 heterocycles. The minimum absolute atomic E-state index is 0.0217. The summed E-state index contributed by atoms with van der Waals surface area (Å²) >= 11 is 6.75. The number of ether oxygens (including phenoxy) is 2. The van der Waals surface area contributed by atoms with Crippen molar-refractivity contribution < 1.29 is 9.47 Å². The molecule has 4 nitrogen and oxygen atoms in total. The monoisotopic (exact) mass is 352 g/mol. The maximum Gasteiger partial charge on any atom is 0.157 e. The zero-order valence-electron chi connectivity index (χ0n) is 8.86. The third-order valence-corrected chi connectivity index (χ3v) is 3.47. The SMILES string of the molecule is Brc1cc(Br)n(CCOC2CCCCO2)n1. The molecule has 1 aliphatic heterocycles. The molecule has 1 unspecified atom stereocenters. The van der Waals surface area contributed by atoms with Gasteiger partial charge in [0.25, 0.3) is 0 Å². The Kier molecular flexibility index (Phi) is 4.81. The van der Waals surface area contributed by atoms with Crippen molar-refractivity contribution in [1.82, 2.24) is 9.78 Å². The second-order valence-electron chi connectivity index (χ2n) is 3.68. The van der Waals surface area contributed by atoms with Crippen molar-refractivity contribution in [2.24, 2.45) is 0 Å². The molecule has 0 bridgehead atoms. The molecule has 0 spiro atoms. The summed E-state index contributed by atoms with van der Waals surface area (Å²) in [5.41, 5.74) is 0. The highest BCUT2D eigenvalue weighted by molar-refractivity contribution is 9.11. The first-order valence-corrected chi connectivity index (χ1v) is 6.96.